The van der Waals surface area contributed by atoms with Crippen LogP contribution < -0.4 is 19.7 Å². The summed E-state index contributed by atoms with van der Waals surface area (Å²) in [7, 11) is 3.16. The van der Waals surface area contributed by atoms with Gasteiger partial charge in [0.1, 0.15) is 17.2 Å². The maximum atomic E-state index is 12.5. The summed E-state index contributed by atoms with van der Waals surface area (Å²) in [6.07, 6.45) is 2.59. The number of nitrogens with one attached hydrogen (secondary N) is 2. The third-order valence-corrected chi connectivity index (χ3v) is 5.58. The van der Waals surface area contributed by atoms with Crippen LogP contribution in [-0.2, 0) is 4.79 Å². The van der Waals surface area contributed by atoms with E-state index < -0.39 is 0 Å². The van der Waals surface area contributed by atoms with Gasteiger partial charge in [0.05, 0.1) is 26.5 Å². The van der Waals surface area contributed by atoms with E-state index in [2.05, 4.69) is 27.4 Å². The quantitative estimate of drug-likeness (QED) is 0.552. The normalized spacial score (nSPS) is 13.1. The van der Waals surface area contributed by atoms with E-state index in [9.17, 15) is 9.59 Å². The van der Waals surface area contributed by atoms with Crippen molar-refractivity contribution in [3.63, 3.8) is 0 Å². The number of benzene rings is 2. The summed E-state index contributed by atoms with van der Waals surface area (Å²) < 4.78 is 10.7. The Kier molecular flexibility index (Phi) is 7.13. The Balaban J connectivity index is 1.35. The van der Waals surface area contributed by atoms with Crippen molar-refractivity contribution in [3.05, 3.63) is 59.8 Å². The predicted molar refractivity (Wildman–Crippen MR) is 129 cm³/mol. The van der Waals surface area contributed by atoms with Gasteiger partial charge in [0.15, 0.2) is 0 Å². The highest BCUT2D eigenvalue weighted by Crippen LogP contribution is 2.32. The molecule has 0 atom stereocenters. The Morgan fingerprint density at radius 1 is 1.12 bits per heavy atom. The molecular weight excluding hydrogens is 432 g/mol. The number of carbonyl (C=O) groups excluding carboxylic acids is 2. The summed E-state index contributed by atoms with van der Waals surface area (Å²) in [6.45, 7) is 0.942. The van der Waals surface area contributed by atoms with Gasteiger partial charge in [-0.1, -0.05) is 11.8 Å². The highest BCUT2D eigenvalue weighted by atomic mass is 16.5. The second-order valence-corrected chi connectivity index (χ2v) is 7.77. The summed E-state index contributed by atoms with van der Waals surface area (Å²) in [5.41, 5.74) is 3.31. The summed E-state index contributed by atoms with van der Waals surface area (Å²) >= 11 is 0. The molecular formula is C26H26N4O4. The van der Waals surface area contributed by atoms with E-state index in [4.69, 9.17) is 9.47 Å². The molecule has 1 fully saturated rings. The van der Waals surface area contributed by atoms with Crippen molar-refractivity contribution in [2.45, 2.75) is 19.3 Å². The van der Waals surface area contributed by atoms with Gasteiger partial charge < -0.3 is 19.7 Å². The molecule has 2 heterocycles. The molecule has 174 valence electrons. The molecule has 8 heteroatoms. The Hall–Kier alpha value is -4.25. The maximum absolute atomic E-state index is 12.5. The Bertz CT molecular complexity index is 1240. The average Bonchev–Trinajstić information content (AvgIpc) is 3.37. The molecule has 1 aromatic heterocycles. The number of nitrogens with zero attached hydrogens (tertiary/aromatic N) is 2. The van der Waals surface area contributed by atoms with Crippen molar-refractivity contribution in [1.29, 1.82) is 0 Å². The van der Waals surface area contributed by atoms with Crippen LogP contribution in [0.1, 0.15) is 35.3 Å². The SMILES string of the molecule is COc1ccc(OC)c(-c2cc(C(=O)NCC#Cc3ccc(N4CCCCC4=O)cc3)[nH]n2)c1. The summed E-state index contributed by atoms with van der Waals surface area (Å²) in [4.78, 5) is 26.4. The number of piperidine rings is 1. The number of rotatable bonds is 6. The predicted octanol–water partition coefficient (Wildman–Crippen LogP) is 3.39. The van der Waals surface area contributed by atoms with Gasteiger partial charge in [0, 0.05) is 29.8 Å². The molecule has 0 spiro atoms. The lowest BCUT2D eigenvalue weighted by molar-refractivity contribution is -0.119. The fraction of sp³-hybridized carbons (Fsp3) is 0.269. The second-order valence-electron chi connectivity index (χ2n) is 7.77. The Morgan fingerprint density at radius 2 is 1.94 bits per heavy atom. The third-order valence-electron chi connectivity index (χ3n) is 5.58. The molecule has 0 saturated carbocycles. The minimum absolute atomic E-state index is 0.166. The summed E-state index contributed by atoms with van der Waals surface area (Å²) in [5.74, 6) is 7.12. The number of anilines is 1. The number of hydrogen-bond acceptors (Lipinski definition) is 5. The van der Waals surface area contributed by atoms with Crippen molar-refractivity contribution in [2.24, 2.45) is 0 Å². The minimum atomic E-state index is -0.311. The van der Waals surface area contributed by atoms with Crippen molar-refractivity contribution in [2.75, 3.05) is 32.2 Å². The number of carbonyl (C=O) groups is 2. The number of hydrogen-bond donors (Lipinski definition) is 2. The maximum Gasteiger partial charge on any atom is 0.270 e. The lowest BCUT2D eigenvalue weighted by Crippen LogP contribution is -2.35. The minimum Gasteiger partial charge on any atom is -0.497 e. The van der Waals surface area contributed by atoms with Crippen molar-refractivity contribution in [1.82, 2.24) is 15.5 Å². The van der Waals surface area contributed by atoms with Crippen molar-refractivity contribution in [3.8, 4) is 34.6 Å². The highest BCUT2D eigenvalue weighted by molar-refractivity contribution is 5.94. The third kappa shape index (κ3) is 5.21. The van der Waals surface area contributed by atoms with E-state index >= 15 is 0 Å². The molecule has 1 saturated heterocycles. The molecule has 3 aromatic rings. The first kappa shape index (κ1) is 22.9. The van der Waals surface area contributed by atoms with Crippen LogP contribution in [0, 0.1) is 11.8 Å². The molecule has 2 N–H and O–H groups in total. The number of H-pyrrole nitrogens is 1. The molecule has 2 amide bonds. The van der Waals surface area contributed by atoms with Crippen LogP contribution in [0.25, 0.3) is 11.3 Å². The fourth-order valence-corrected chi connectivity index (χ4v) is 3.76. The van der Waals surface area contributed by atoms with Gasteiger partial charge in [-0.3, -0.25) is 14.7 Å². The van der Waals surface area contributed by atoms with Crippen LogP contribution in [-0.4, -0.2) is 49.3 Å². The highest BCUT2D eigenvalue weighted by Gasteiger charge is 2.19. The van der Waals surface area contributed by atoms with Gasteiger partial charge in [-0.15, -0.1) is 0 Å². The number of ether oxygens (including phenoxy) is 2. The van der Waals surface area contributed by atoms with E-state index in [0.717, 1.165) is 30.6 Å². The smallest absolute Gasteiger partial charge is 0.270 e. The molecule has 0 radical (unpaired) electrons. The van der Waals surface area contributed by atoms with E-state index in [1.807, 2.05) is 29.2 Å². The van der Waals surface area contributed by atoms with Crippen LogP contribution in [0.15, 0.2) is 48.5 Å². The lowest BCUT2D eigenvalue weighted by atomic mass is 10.1. The van der Waals surface area contributed by atoms with Crippen LogP contribution in [0.5, 0.6) is 11.5 Å². The van der Waals surface area contributed by atoms with E-state index in [-0.39, 0.29) is 18.4 Å². The average molecular weight is 459 g/mol. The standard InChI is InChI=1S/C26H26N4O4/c1-33-20-12-13-24(34-2)21(16-20)22-17-23(29-28-22)26(32)27-14-5-6-18-8-10-19(11-9-18)30-15-4-3-7-25(30)31/h8-13,16-17H,3-4,7,14-15H2,1-2H3,(H,27,32)(H,28,29). The zero-order valence-corrected chi connectivity index (χ0v) is 19.2. The first-order valence-corrected chi connectivity index (χ1v) is 11.0. The largest absolute Gasteiger partial charge is 0.497 e. The van der Waals surface area contributed by atoms with Crippen LogP contribution in [0.3, 0.4) is 0 Å². The van der Waals surface area contributed by atoms with Crippen LogP contribution in [0.4, 0.5) is 5.69 Å². The van der Waals surface area contributed by atoms with E-state index in [1.54, 1.807) is 38.5 Å². The molecule has 1 aliphatic heterocycles. The number of aromatic nitrogens is 2. The monoisotopic (exact) mass is 458 g/mol. The summed E-state index contributed by atoms with van der Waals surface area (Å²) in [5, 5.41) is 9.75. The molecule has 1 aliphatic rings. The van der Waals surface area contributed by atoms with Gasteiger partial charge in [0.25, 0.3) is 5.91 Å². The van der Waals surface area contributed by atoms with Crippen molar-refractivity contribution >= 4 is 17.5 Å². The molecule has 34 heavy (non-hydrogen) atoms. The zero-order chi connectivity index (χ0) is 23.9. The number of amides is 2. The number of aromatic amines is 1. The first-order chi connectivity index (χ1) is 16.6. The van der Waals surface area contributed by atoms with E-state index in [1.165, 1.54) is 0 Å². The topological polar surface area (TPSA) is 96.5 Å². The fourth-order valence-electron chi connectivity index (χ4n) is 3.76. The first-order valence-electron chi connectivity index (χ1n) is 11.0. The van der Waals surface area contributed by atoms with Crippen LogP contribution >= 0.6 is 0 Å². The van der Waals surface area contributed by atoms with Gasteiger partial charge in [-0.05, 0) is 61.4 Å². The molecule has 2 aromatic carbocycles. The molecule has 0 unspecified atom stereocenters. The number of methoxy groups -OCH3 is 2. The molecule has 8 nitrogen and oxygen atoms in total. The zero-order valence-electron chi connectivity index (χ0n) is 19.2. The van der Waals surface area contributed by atoms with Gasteiger partial charge in [-0.25, -0.2) is 0 Å². The molecule has 4 rings (SSSR count). The second kappa shape index (κ2) is 10.6. The van der Waals surface area contributed by atoms with Gasteiger partial charge >= 0.3 is 0 Å². The van der Waals surface area contributed by atoms with Crippen LogP contribution in [0.2, 0.25) is 0 Å². The summed E-state index contributed by atoms with van der Waals surface area (Å²) in [6, 6.07) is 14.6. The molecule has 0 bridgehead atoms. The van der Waals surface area contributed by atoms with Gasteiger partial charge in [-0.2, -0.15) is 5.10 Å². The Morgan fingerprint density at radius 3 is 2.68 bits per heavy atom. The molecule has 0 aliphatic carbocycles. The lowest BCUT2D eigenvalue weighted by Gasteiger charge is -2.26. The van der Waals surface area contributed by atoms with E-state index in [0.29, 0.717) is 34.9 Å². The van der Waals surface area contributed by atoms with Crippen molar-refractivity contribution < 1.29 is 19.1 Å². The Labute approximate surface area is 198 Å². The van der Waals surface area contributed by atoms with Gasteiger partial charge in [0.2, 0.25) is 5.91 Å².